The van der Waals surface area contributed by atoms with Gasteiger partial charge in [-0.3, -0.25) is 4.79 Å². The molecule has 1 heterocycles. The van der Waals surface area contributed by atoms with E-state index in [0.717, 1.165) is 36.7 Å². The normalized spacial score (nSPS) is 10.5. The average molecular weight is 362 g/mol. The van der Waals surface area contributed by atoms with Crippen LogP contribution in [0.25, 0.3) is 0 Å². The third kappa shape index (κ3) is 3.77. The first-order valence-electron chi connectivity index (χ1n) is 7.23. The van der Waals surface area contributed by atoms with E-state index in [2.05, 4.69) is 20.6 Å². The Balaban J connectivity index is 1.74. The number of hydrogen-bond acceptors (Lipinski definition) is 4. The van der Waals surface area contributed by atoms with Crippen LogP contribution >= 0.6 is 0 Å². The molecule has 0 saturated heterocycles. The van der Waals surface area contributed by atoms with Crippen molar-refractivity contribution < 1.29 is 22.4 Å². The van der Waals surface area contributed by atoms with Crippen molar-refractivity contribution in [3.05, 3.63) is 77.6 Å². The summed E-state index contributed by atoms with van der Waals surface area (Å²) in [6, 6.07) is 6.02. The van der Waals surface area contributed by atoms with Gasteiger partial charge in [-0.2, -0.15) is 0 Å². The molecule has 3 rings (SSSR count). The number of nitrogens with one attached hydrogen (secondary N) is 2. The number of halogens is 4. The lowest BCUT2D eigenvalue weighted by Crippen LogP contribution is -2.14. The molecular formula is C17H10F4N4O. The van der Waals surface area contributed by atoms with E-state index in [4.69, 9.17) is 0 Å². The van der Waals surface area contributed by atoms with Gasteiger partial charge in [-0.1, -0.05) is 6.07 Å². The minimum absolute atomic E-state index is 0.0340. The maximum absolute atomic E-state index is 13.6. The molecule has 1 aromatic heterocycles. The molecule has 2 aromatic carbocycles. The molecule has 0 aliphatic carbocycles. The molecule has 2 N–H and O–H groups in total. The summed E-state index contributed by atoms with van der Waals surface area (Å²) >= 11 is 0. The van der Waals surface area contributed by atoms with E-state index in [1.807, 2.05) is 0 Å². The van der Waals surface area contributed by atoms with Crippen molar-refractivity contribution in [2.75, 3.05) is 10.6 Å². The second kappa shape index (κ2) is 7.18. The zero-order valence-electron chi connectivity index (χ0n) is 12.9. The number of para-hydroxylation sites is 1. The first-order chi connectivity index (χ1) is 12.4. The molecule has 0 atom stereocenters. The summed E-state index contributed by atoms with van der Waals surface area (Å²) in [5.41, 5.74) is -0.682. The largest absolute Gasteiger partial charge is 0.319 e. The van der Waals surface area contributed by atoms with E-state index in [1.165, 1.54) is 6.07 Å². The fourth-order valence-electron chi connectivity index (χ4n) is 2.02. The average Bonchev–Trinajstić information content (AvgIpc) is 2.61. The van der Waals surface area contributed by atoms with Crippen LogP contribution in [-0.2, 0) is 0 Å². The fourth-order valence-corrected chi connectivity index (χ4v) is 2.02. The molecule has 1 amide bonds. The fraction of sp³-hybridized carbons (Fsp3) is 0. The summed E-state index contributed by atoms with van der Waals surface area (Å²) in [6.45, 7) is 0. The Kier molecular flexibility index (Phi) is 4.78. The second-order valence-corrected chi connectivity index (χ2v) is 5.10. The van der Waals surface area contributed by atoms with Gasteiger partial charge >= 0.3 is 0 Å². The zero-order chi connectivity index (χ0) is 18.7. The number of aromatic nitrogens is 2. The van der Waals surface area contributed by atoms with E-state index in [-0.39, 0.29) is 17.2 Å². The molecular weight excluding hydrogens is 352 g/mol. The SMILES string of the molecule is O=C(Nc1ccc(F)cc1F)c1cnc(Nc2c(F)cccc2F)nc1. The number of amides is 1. The minimum Gasteiger partial charge on any atom is -0.319 e. The summed E-state index contributed by atoms with van der Waals surface area (Å²) in [7, 11) is 0. The van der Waals surface area contributed by atoms with E-state index in [0.29, 0.717) is 6.07 Å². The Bertz CT molecular complexity index is 943. The molecule has 5 nitrogen and oxygen atoms in total. The van der Waals surface area contributed by atoms with Crippen molar-refractivity contribution >= 4 is 23.2 Å². The molecule has 0 unspecified atom stereocenters. The standard InChI is InChI=1S/C17H10F4N4O/c18-10-4-5-14(13(21)6-10)24-16(26)9-7-22-17(23-8-9)25-15-11(19)2-1-3-12(15)20/h1-8H,(H,24,26)(H,22,23,25). The van der Waals surface area contributed by atoms with Crippen molar-refractivity contribution in [3.8, 4) is 0 Å². The molecule has 0 radical (unpaired) electrons. The number of rotatable bonds is 4. The van der Waals surface area contributed by atoms with Gasteiger partial charge in [0.25, 0.3) is 5.91 Å². The summed E-state index contributed by atoms with van der Waals surface area (Å²) in [6.07, 6.45) is 2.18. The highest BCUT2D eigenvalue weighted by molar-refractivity contribution is 6.03. The number of benzene rings is 2. The molecule has 132 valence electrons. The highest BCUT2D eigenvalue weighted by atomic mass is 19.1. The van der Waals surface area contributed by atoms with E-state index < -0.39 is 34.9 Å². The van der Waals surface area contributed by atoms with Crippen molar-refractivity contribution in [3.63, 3.8) is 0 Å². The summed E-state index contributed by atoms with van der Waals surface area (Å²) < 4.78 is 53.5. The number of carbonyl (C=O) groups is 1. The van der Waals surface area contributed by atoms with Crippen molar-refractivity contribution in [1.82, 2.24) is 9.97 Å². The Morgan fingerprint density at radius 2 is 1.54 bits per heavy atom. The van der Waals surface area contributed by atoms with Crippen molar-refractivity contribution in [1.29, 1.82) is 0 Å². The maximum Gasteiger partial charge on any atom is 0.258 e. The van der Waals surface area contributed by atoms with E-state index in [1.54, 1.807) is 0 Å². The second-order valence-electron chi connectivity index (χ2n) is 5.10. The maximum atomic E-state index is 13.6. The quantitative estimate of drug-likeness (QED) is 0.688. The molecule has 0 bridgehead atoms. The lowest BCUT2D eigenvalue weighted by molar-refractivity contribution is 0.102. The minimum atomic E-state index is -0.937. The molecule has 26 heavy (non-hydrogen) atoms. The summed E-state index contributed by atoms with van der Waals surface area (Å²) in [5, 5.41) is 4.61. The van der Waals surface area contributed by atoms with Crippen LogP contribution in [-0.4, -0.2) is 15.9 Å². The Morgan fingerprint density at radius 3 is 2.15 bits per heavy atom. The number of carbonyl (C=O) groups excluding carboxylic acids is 1. The topological polar surface area (TPSA) is 66.9 Å². The van der Waals surface area contributed by atoms with Gasteiger partial charge in [0, 0.05) is 18.5 Å². The van der Waals surface area contributed by atoms with Crippen LogP contribution in [0.3, 0.4) is 0 Å². The lowest BCUT2D eigenvalue weighted by Gasteiger charge is -2.08. The van der Waals surface area contributed by atoms with Gasteiger partial charge in [0.1, 0.15) is 29.0 Å². The molecule has 0 aliphatic heterocycles. The zero-order valence-corrected chi connectivity index (χ0v) is 12.9. The van der Waals surface area contributed by atoms with Gasteiger partial charge in [0.15, 0.2) is 0 Å². The van der Waals surface area contributed by atoms with Crippen molar-refractivity contribution in [2.24, 2.45) is 0 Å². The van der Waals surface area contributed by atoms with Crippen LogP contribution in [0.4, 0.5) is 34.9 Å². The lowest BCUT2D eigenvalue weighted by atomic mass is 10.2. The van der Waals surface area contributed by atoms with Crippen LogP contribution < -0.4 is 10.6 Å². The third-order valence-corrected chi connectivity index (χ3v) is 3.29. The Labute approximate surface area is 144 Å². The van der Waals surface area contributed by atoms with Crippen LogP contribution in [0.15, 0.2) is 48.8 Å². The van der Waals surface area contributed by atoms with E-state index >= 15 is 0 Å². The van der Waals surface area contributed by atoms with Gasteiger partial charge in [0.2, 0.25) is 5.95 Å². The molecule has 0 fully saturated rings. The van der Waals surface area contributed by atoms with Crippen molar-refractivity contribution in [2.45, 2.75) is 0 Å². The predicted octanol–water partition coefficient (Wildman–Crippen LogP) is 4.03. The summed E-state index contributed by atoms with van der Waals surface area (Å²) in [4.78, 5) is 19.6. The third-order valence-electron chi connectivity index (χ3n) is 3.29. The Hall–Kier alpha value is -3.49. The first kappa shape index (κ1) is 17.3. The Morgan fingerprint density at radius 1 is 0.885 bits per heavy atom. The molecule has 0 spiro atoms. The highest BCUT2D eigenvalue weighted by Gasteiger charge is 2.13. The van der Waals surface area contributed by atoms with Crippen LogP contribution in [0, 0.1) is 23.3 Å². The van der Waals surface area contributed by atoms with Gasteiger partial charge in [-0.05, 0) is 24.3 Å². The number of hydrogen-bond donors (Lipinski definition) is 2. The summed E-state index contributed by atoms with van der Waals surface area (Å²) in [5.74, 6) is -4.26. The van der Waals surface area contributed by atoms with E-state index in [9.17, 15) is 22.4 Å². The van der Waals surface area contributed by atoms with Gasteiger partial charge in [0.05, 0.1) is 11.3 Å². The van der Waals surface area contributed by atoms with Crippen LogP contribution in [0.1, 0.15) is 10.4 Å². The predicted molar refractivity (Wildman–Crippen MR) is 86.0 cm³/mol. The highest BCUT2D eigenvalue weighted by Crippen LogP contribution is 2.21. The molecule has 0 saturated carbocycles. The molecule has 3 aromatic rings. The smallest absolute Gasteiger partial charge is 0.258 e. The van der Waals surface area contributed by atoms with Gasteiger partial charge in [-0.25, -0.2) is 27.5 Å². The van der Waals surface area contributed by atoms with Crippen LogP contribution in [0.2, 0.25) is 0 Å². The monoisotopic (exact) mass is 362 g/mol. The number of anilines is 3. The van der Waals surface area contributed by atoms with Gasteiger partial charge < -0.3 is 10.6 Å². The molecule has 0 aliphatic rings. The molecule has 9 heteroatoms. The van der Waals surface area contributed by atoms with Crippen LogP contribution in [0.5, 0.6) is 0 Å². The van der Waals surface area contributed by atoms with Gasteiger partial charge in [-0.15, -0.1) is 0 Å². The number of nitrogens with zero attached hydrogens (tertiary/aromatic N) is 2. The first-order valence-corrected chi connectivity index (χ1v) is 7.23.